The van der Waals surface area contributed by atoms with E-state index in [9.17, 15) is 30.7 Å². The van der Waals surface area contributed by atoms with Crippen molar-refractivity contribution in [2.45, 2.75) is 77.5 Å². The number of carboxylic acids is 1. The summed E-state index contributed by atoms with van der Waals surface area (Å²) in [7, 11) is 0. The second kappa shape index (κ2) is 6.33. The minimum Gasteiger partial charge on any atom is -0.714 e. The molecule has 0 unspecified atom stereocenters. The van der Waals surface area contributed by atoms with Gasteiger partial charge in [0.25, 0.3) is 0 Å². The second-order valence-corrected chi connectivity index (χ2v) is 10.2. The first-order valence-corrected chi connectivity index (χ1v) is 9.93. The molecular weight excluding hydrogens is 404 g/mol. The minimum absolute atomic E-state index is 0.0235. The molecule has 2 heterocycles. The van der Waals surface area contributed by atoms with E-state index in [0.717, 1.165) is 0 Å². The predicted molar refractivity (Wildman–Crippen MR) is 110 cm³/mol. The quantitative estimate of drug-likeness (QED) is 0.575. The third kappa shape index (κ3) is 2.74. The zero-order chi connectivity index (χ0) is 23.9. The molecule has 2 aliphatic heterocycles. The maximum atomic E-state index is 13.0. The van der Waals surface area contributed by atoms with Gasteiger partial charge in [0.15, 0.2) is 11.1 Å². The molecule has 2 radical (unpaired) electrons. The molecule has 2 aliphatic rings. The molecule has 10 nitrogen and oxygen atoms in total. The summed E-state index contributed by atoms with van der Waals surface area (Å²) in [5.41, 5.74) is -4.63. The van der Waals surface area contributed by atoms with E-state index >= 15 is 0 Å². The first kappa shape index (κ1) is 22.8. The average molecular weight is 432 g/mol. The summed E-state index contributed by atoms with van der Waals surface area (Å²) < 4.78 is 1.11. The number of hydroxylamine groups is 6. The average Bonchev–Trinajstić information content (AvgIpc) is 2.85. The summed E-state index contributed by atoms with van der Waals surface area (Å²) in [5.74, 6) is -1.86. The monoisotopic (exact) mass is 432 g/mol. The van der Waals surface area contributed by atoms with Gasteiger partial charge in [0.2, 0.25) is 0 Å². The SMILES string of the molecule is CC1(C)N([O])C(c2cc(C(=O)O)cc(C3=[N+]([O-])C(C)(C)C(C)(C)N3[O])c2)=[N+]([O-])C1(C)C. The Bertz CT molecular complexity index is 966. The Morgan fingerprint density at radius 3 is 1.32 bits per heavy atom. The van der Waals surface area contributed by atoms with Gasteiger partial charge in [-0.15, -0.1) is 0 Å². The molecule has 1 aromatic rings. The van der Waals surface area contributed by atoms with Crippen LogP contribution in [-0.4, -0.2) is 64.5 Å². The summed E-state index contributed by atoms with van der Waals surface area (Å²) in [4.78, 5) is 11.8. The van der Waals surface area contributed by atoms with Crippen LogP contribution in [0, 0.1) is 10.4 Å². The number of rotatable bonds is 3. The van der Waals surface area contributed by atoms with Gasteiger partial charge in [0, 0.05) is 10.4 Å². The van der Waals surface area contributed by atoms with Gasteiger partial charge in [0.1, 0.15) is 11.1 Å². The van der Waals surface area contributed by atoms with E-state index in [1.54, 1.807) is 55.4 Å². The van der Waals surface area contributed by atoms with Crippen molar-refractivity contribution in [2.24, 2.45) is 0 Å². The van der Waals surface area contributed by atoms with Crippen molar-refractivity contribution in [3.05, 3.63) is 45.3 Å². The molecule has 0 amide bonds. The molecule has 31 heavy (non-hydrogen) atoms. The molecule has 3 rings (SSSR count). The number of carbonyl (C=O) groups is 1. The highest BCUT2D eigenvalue weighted by Gasteiger charge is 2.61. The Labute approximate surface area is 181 Å². The maximum Gasteiger partial charge on any atom is 0.335 e. The molecule has 1 N–H and O–H groups in total. The summed E-state index contributed by atoms with van der Waals surface area (Å²) >= 11 is 0. The van der Waals surface area contributed by atoms with Crippen molar-refractivity contribution in [2.75, 3.05) is 0 Å². The fraction of sp³-hybridized carbons (Fsp3) is 0.571. The van der Waals surface area contributed by atoms with Crippen molar-refractivity contribution in [1.29, 1.82) is 0 Å². The normalized spacial score (nSPS) is 23.7. The fourth-order valence-corrected chi connectivity index (χ4v) is 3.70. The first-order chi connectivity index (χ1) is 13.9. The Hall–Kier alpha value is -2.85. The Morgan fingerprint density at radius 2 is 1.10 bits per heavy atom. The van der Waals surface area contributed by atoms with Crippen LogP contribution in [0.4, 0.5) is 0 Å². The molecule has 0 atom stereocenters. The number of nitrogens with zero attached hydrogens (tertiary/aromatic N) is 4. The lowest BCUT2D eigenvalue weighted by molar-refractivity contribution is -0.539. The van der Waals surface area contributed by atoms with Crippen LogP contribution >= 0.6 is 0 Å². The van der Waals surface area contributed by atoms with E-state index in [4.69, 9.17) is 0 Å². The summed E-state index contributed by atoms with van der Waals surface area (Å²) in [6.07, 6.45) is 0. The third-order valence-electron chi connectivity index (χ3n) is 7.49. The largest absolute Gasteiger partial charge is 0.714 e. The lowest BCUT2D eigenvalue weighted by atomic mass is 9.84. The molecule has 0 spiro atoms. The highest BCUT2D eigenvalue weighted by molar-refractivity contribution is 6.04. The molecule has 0 aliphatic carbocycles. The minimum atomic E-state index is -1.32. The first-order valence-electron chi connectivity index (χ1n) is 9.93. The van der Waals surface area contributed by atoms with Gasteiger partial charge in [0.05, 0.1) is 16.7 Å². The van der Waals surface area contributed by atoms with E-state index < -0.39 is 28.1 Å². The van der Waals surface area contributed by atoms with Gasteiger partial charge in [-0.2, -0.15) is 0 Å². The Morgan fingerprint density at radius 1 is 0.774 bits per heavy atom. The fourth-order valence-electron chi connectivity index (χ4n) is 3.70. The molecular formula is C21H28N4O6. The van der Waals surface area contributed by atoms with Crippen molar-refractivity contribution in [3.63, 3.8) is 0 Å². The second-order valence-electron chi connectivity index (χ2n) is 10.2. The molecule has 0 bridgehead atoms. The lowest BCUT2D eigenvalue weighted by Gasteiger charge is -2.32. The number of benzene rings is 1. The van der Waals surface area contributed by atoms with Crippen LogP contribution in [0.1, 0.15) is 76.9 Å². The number of hydrogen-bond donors (Lipinski definition) is 1. The predicted octanol–water partition coefficient (Wildman–Crippen LogP) is 2.34. The topological polar surface area (TPSA) is 136 Å². The Kier molecular flexibility index (Phi) is 4.66. The molecule has 0 saturated carbocycles. The number of aromatic carboxylic acids is 1. The van der Waals surface area contributed by atoms with Crippen molar-refractivity contribution in [3.8, 4) is 0 Å². The summed E-state index contributed by atoms with van der Waals surface area (Å²) in [6.45, 7) is 13.0. The van der Waals surface area contributed by atoms with Crippen LogP contribution in [0.2, 0.25) is 0 Å². The van der Waals surface area contributed by atoms with Crippen molar-refractivity contribution < 1.29 is 29.8 Å². The van der Waals surface area contributed by atoms with Crippen LogP contribution in [0.5, 0.6) is 0 Å². The van der Waals surface area contributed by atoms with Gasteiger partial charge in [-0.05, 0) is 73.6 Å². The standard InChI is InChI=1S/C21H28N4O6/c1-18(2)19(3,4)23(29)15(22(18)28)12-9-13(11-14(10-12)17(26)27)16-24(30)20(5,6)21(7,8)25(16)31/h9-11H,1-8H3,(H,26,27). The molecule has 0 fully saturated rings. The maximum absolute atomic E-state index is 13.0. The summed E-state index contributed by atoms with van der Waals surface area (Å²) in [6, 6.07) is 3.74. The third-order valence-corrected chi connectivity index (χ3v) is 7.49. The van der Waals surface area contributed by atoms with Gasteiger partial charge >= 0.3 is 17.6 Å². The van der Waals surface area contributed by atoms with E-state index in [0.29, 0.717) is 19.6 Å². The van der Waals surface area contributed by atoms with Gasteiger partial charge in [-0.1, -0.05) is 10.1 Å². The lowest BCUT2D eigenvalue weighted by Crippen LogP contribution is -2.53. The molecule has 0 aromatic heterocycles. The number of carboxylic acid groups (broad SMARTS) is 1. The number of amidine groups is 2. The zero-order valence-electron chi connectivity index (χ0n) is 19.0. The molecule has 0 saturated heterocycles. The molecule has 1 aromatic carbocycles. The van der Waals surface area contributed by atoms with Crippen LogP contribution < -0.4 is 0 Å². The van der Waals surface area contributed by atoms with Crippen LogP contribution in [0.3, 0.4) is 0 Å². The number of hydrogen-bond acceptors (Lipinski definition) is 5. The van der Waals surface area contributed by atoms with Crippen LogP contribution in [0.25, 0.3) is 0 Å². The van der Waals surface area contributed by atoms with E-state index in [1.807, 2.05) is 0 Å². The van der Waals surface area contributed by atoms with Crippen molar-refractivity contribution in [1.82, 2.24) is 10.1 Å². The smallest absolute Gasteiger partial charge is 0.335 e. The molecule has 10 heteroatoms. The molecule has 168 valence electrons. The highest BCUT2D eigenvalue weighted by atomic mass is 16.5. The van der Waals surface area contributed by atoms with E-state index in [2.05, 4.69) is 0 Å². The van der Waals surface area contributed by atoms with Crippen molar-refractivity contribution >= 4 is 17.6 Å². The highest BCUT2D eigenvalue weighted by Crippen LogP contribution is 2.39. The van der Waals surface area contributed by atoms with Gasteiger partial charge in [-0.25, -0.2) is 4.79 Å². The van der Waals surface area contributed by atoms with Gasteiger partial charge < -0.3 is 15.5 Å². The van der Waals surface area contributed by atoms with Crippen LogP contribution in [-0.2, 0) is 10.4 Å². The van der Waals surface area contributed by atoms with Crippen LogP contribution in [0.15, 0.2) is 18.2 Å². The Balaban J connectivity index is 2.31. The zero-order valence-corrected chi connectivity index (χ0v) is 19.0. The van der Waals surface area contributed by atoms with Gasteiger partial charge in [-0.3, -0.25) is 9.48 Å². The van der Waals surface area contributed by atoms with E-state index in [-0.39, 0.29) is 28.4 Å². The van der Waals surface area contributed by atoms with E-state index in [1.165, 1.54) is 18.2 Å². The summed E-state index contributed by atoms with van der Waals surface area (Å²) in [5, 5.41) is 62.9.